The molecular formula is C15H14F3N. The first-order valence-electron chi connectivity index (χ1n) is 5.94. The number of aromatic nitrogens is 1. The molecule has 1 heterocycles. The highest BCUT2D eigenvalue weighted by atomic mass is 19.4. The Hall–Kier alpha value is -1.84. The number of alkyl halides is 3. The van der Waals surface area contributed by atoms with Crippen LogP contribution in [-0.2, 0) is 12.6 Å². The van der Waals surface area contributed by atoms with Gasteiger partial charge in [0.15, 0.2) is 0 Å². The zero-order chi connectivity index (χ0) is 14.0. The van der Waals surface area contributed by atoms with E-state index in [0.717, 1.165) is 34.4 Å². The number of pyridine rings is 1. The summed E-state index contributed by atoms with van der Waals surface area (Å²) in [7, 11) is 0. The Bertz CT molecular complexity index is 571. The van der Waals surface area contributed by atoms with Gasteiger partial charge >= 0.3 is 6.18 Å². The fourth-order valence-electron chi connectivity index (χ4n) is 1.90. The van der Waals surface area contributed by atoms with Crippen LogP contribution in [0.15, 0.2) is 36.7 Å². The molecule has 1 aromatic heterocycles. The Labute approximate surface area is 110 Å². The third-order valence-electron chi connectivity index (χ3n) is 3.25. The Morgan fingerprint density at radius 3 is 2.21 bits per heavy atom. The van der Waals surface area contributed by atoms with Crippen LogP contribution in [0.1, 0.15) is 27.8 Å². The van der Waals surface area contributed by atoms with E-state index in [9.17, 15) is 13.2 Å². The second kappa shape index (κ2) is 5.03. The molecule has 0 aliphatic rings. The minimum atomic E-state index is -4.28. The lowest BCUT2D eigenvalue weighted by Crippen LogP contribution is -2.04. The number of aryl methyl sites for hydroxylation is 1. The molecule has 4 heteroatoms. The molecule has 0 amide bonds. The van der Waals surface area contributed by atoms with E-state index >= 15 is 0 Å². The van der Waals surface area contributed by atoms with Gasteiger partial charge in [0.25, 0.3) is 0 Å². The maximum atomic E-state index is 12.5. The van der Waals surface area contributed by atoms with Crippen molar-refractivity contribution in [2.45, 2.75) is 26.4 Å². The zero-order valence-electron chi connectivity index (χ0n) is 10.8. The lowest BCUT2D eigenvalue weighted by Gasteiger charge is -2.10. The van der Waals surface area contributed by atoms with E-state index < -0.39 is 11.7 Å². The predicted octanol–water partition coefficient (Wildman–Crippen LogP) is 4.31. The lowest BCUT2D eigenvalue weighted by molar-refractivity contribution is -0.137. The van der Waals surface area contributed by atoms with E-state index in [2.05, 4.69) is 4.98 Å². The first-order valence-corrected chi connectivity index (χ1v) is 5.94. The molecular weight excluding hydrogens is 251 g/mol. The molecule has 2 aromatic rings. The quantitative estimate of drug-likeness (QED) is 0.788. The van der Waals surface area contributed by atoms with Crippen molar-refractivity contribution in [2.75, 3.05) is 0 Å². The van der Waals surface area contributed by atoms with Crippen LogP contribution in [-0.4, -0.2) is 4.98 Å². The molecule has 0 spiro atoms. The van der Waals surface area contributed by atoms with Gasteiger partial charge in [-0.1, -0.05) is 12.1 Å². The van der Waals surface area contributed by atoms with Gasteiger partial charge in [0.05, 0.1) is 5.56 Å². The molecule has 1 nitrogen and oxygen atoms in total. The van der Waals surface area contributed by atoms with Gasteiger partial charge in [-0.3, -0.25) is 4.98 Å². The van der Waals surface area contributed by atoms with Crippen LogP contribution < -0.4 is 0 Å². The number of hydrogen-bond acceptors (Lipinski definition) is 1. The van der Waals surface area contributed by atoms with Gasteiger partial charge in [0.1, 0.15) is 0 Å². The van der Waals surface area contributed by atoms with Crippen molar-refractivity contribution in [3.05, 3.63) is 64.5 Å². The predicted molar refractivity (Wildman–Crippen MR) is 68.0 cm³/mol. The van der Waals surface area contributed by atoms with Crippen LogP contribution in [0, 0.1) is 13.8 Å². The second-order valence-corrected chi connectivity index (χ2v) is 4.61. The monoisotopic (exact) mass is 265 g/mol. The smallest absolute Gasteiger partial charge is 0.264 e. The number of rotatable bonds is 2. The van der Waals surface area contributed by atoms with Gasteiger partial charge < -0.3 is 0 Å². The van der Waals surface area contributed by atoms with Crippen molar-refractivity contribution in [1.82, 2.24) is 4.98 Å². The number of benzene rings is 1. The van der Waals surface area contributed by atoms with Crippen LogP contribution in [0.25, 0.3) is 0 Å². The van der Waals surface area contributed by atoms with Crippen LogP contribution in [0.3, 0.4) is 0 Å². The van der Waals surface area contributed by atoms with Gasteiger partial charge in [-0.05, 0) is 54.7 Å². The van der Waals surface area contributed by atoms with Crippen molar-refractivity contribution >= 4 is 0 Å². The maximum Gasteiger partial charge on any atom is 0.416 e. The fraction of sp³-hybridized carbons (Fsp3) is 0.267. The van der Waals surface area contributed by atoms with Gasteiger partial charge in [-0.25, -0.2) is 0 Å². The highest BCUT2D eigenvalue weighted by Crippen LogP contribution is 2.29. The third-order valence-corrected chi connectivity index (χ3v) is 3.25. The average molecular weight is 265 g/mol. The van der Waals surface area contributed by atoms with E-state index in [1.54, 1.807) is 12.4 Å². The standard InChI is InChI=1S/C15H14F3N/c1-10-8-19-9-13(11(10)2)7-12-3-5-14(6-4-12)15(16,17)18/h3-6,8-9H,7H2,1-2H3. The Morgan fingerprint density at radius 1 is 1.00 bits per heavy atom. The molecule has 0 unspecified atom stereocenters. The minimum Gasteiger partial charge on any atom is -0.264 e. The van der Waals surface area contributed by atoms with Crippen molar-refractivity contribution in [1.29, 1.82) is 0 Å². The summed E-state index contributed by atoms with van der Waals surface area (Å²) in [6.07, 6.45) is -0.135. The normalized spacial score (nSPS) is 11.6. The molecule has 0 saturated heterocycles. The SMILES string of the molecule is Cc1cncc(Cc2ccc(C(F)(F)F)cc2)c1C. The largest absolute Gasteiger partial charge is 0.416 e. The molecule has 0 fully saturated rings. The first kappa shape index (κ1) is 13.6. The minimum absolute atomic E-state index is 0.596. The highest BCUT2D eigenvalue weighted by Gasteiger charge is 2.29. The van der Waals surface area contributed by atoms with Crippen molar-refractivity contribution in [3.8, 4) is 0 Å². The molecule has 0 bridgehead atoms. The third kappa shape index (κ3) is 3.13. The van der Waals surface area contributed by atoms with Crippen molar-refractivity contribution < 1.29 is 13.2 Å². The van der Waals surface area contributed by atoms with Crippen LogP contribution >= 0.6 is 0 Å². The number of hydrogen-bond donors (Lipinski definition) is 0. The van der Waals surface area contributed by atoms with Crippen LogP contribution in [0.5, 0.6) is 0 Å². The van der Waals surface area contributed by atoms with Crippen molar-refractivity contribution in [3.63, 3.8) is 0 Å². The van der Waals surface area contributed by atoms with Gasteiger partial charge in [0, 0.05) is 12.4 Å². The second-order valence-electron chi connectivity index (χ2n) is 4.61. The van der Waals surface area contributed by atoms with E-state index in [4.69, 9.17) is 0 Å². The first-order chi connectivity index (χ1) is 8.88. The van der Waals surface area contributed by atoms with Gasteiger partial charge in [-0.2, -0.15) is 13.2 Å². The van der Waals surface area contributed by atoms with E-state index in [1.807, 2.05) is 13.8 Å². The van der Waals surface area contributed by atoms with Gasteiger partial charge in [0.2, 0.25) is 0 Å². The highest BCUT2D eigenvalue weighted by molar-refractivity contribution is 5.35. The summed E-state index contributed by atoms with van der Waals surface area (Å²) in [6.45, 7) is 3.97. The van der Waals surface area contributed by atoms with Crippen LogP contribution in [0.2, 0.25) is 0 Å². The molecule has 100 valence electrons. The average Bonchev–Trinajstić information content (AvgIpc) is 2.35. The van der Waals surface area contributed by atoms with E-state index in [-0.39, 0.29) is 0 Å². The Morgan fingerprint density at radius 2 is 1.63 bits per heavy atom. The van der Waals surface area contributed by atoms with E-state index in [1.165, 1.54) is 12.1 Å². The molecule has 0 aliphatic heterocycles. The summed E-state index contributed by atoms with van der Waals surface area (Å²) < 4.78 is 37.4. The van der Waals surface area contributed by atoms with Crippen LogP contribution in [0.4, 0.5) is 13.2 Å². The summed E-state index contributed by atoms with van der Waals surface area (Å²) in [5.41, 5.74) is 3.50. The zero-order valence-corrected chi connectivity index (χ0v) is 10.8. The fourth-order valence-corrected chi connectivity index (χ4v) is 1.90. The molecule has 0 radical (unpaired) electrons. The molecule has 0 aliphatic carbocycles. The molecule has 19 heavy (non-hydrogen) atoms. The summed E-state index contributed by atoms with van der Waals surface area (Å²) in [5.74, 6) is 0. The summed E-state index contributed by atoms with van der Waals surface area (Å²) in [6, 6.07) is 5.27. The topological polar surface area (TPSA) is 12.9 Å². The Kier molecular flexibility index (Phi) is 3.60. The summed E-state index contributed by atoms with van der Waals surface area (Å²) in [5, 5.41) is 0. The van der Waals surface area contributed by atoms with Crippen molar-refractivity contribution in [2.24, 2.45) is 0 Å². The lowest BCUT2D eigenvalue weighted by atomic mass is 9.99. The van der Waals surface area contributed by atoms with Gasteiger partial charge in [-0.15, -0.1) is 0 Å². The Balaban J connectivity index is 2.23. The molecule has 0 saturated carbocycles. The maximum absolute atomic E-state index is 12.5. The molecule has 0 N–H and O–H groups in total. The molecule has 1 aromatic carbocycles. The number of halogens is 3. The molecule has 2 rings (SSSR count). The summed E-state index contributed by atoms with van der Waals surface area (Å²) >= 11 is 0. The molecule has 0 atom stereocenters. The van der Waals surface area contributed by atoms with E-state index in [0.29, 0.717) is 6.42 Å². The number of nitrogens with zero attached hydrogens (tertiary/aromatic N) is 1. The summed E-state index contributed by atoms with van der Waals surface area (Å²) in [4.78, 5) is 4.12.